The first-order chi connectivity index (χ1) is 17.0. The molecule has 4 heterocycles. The molecule has 0 radical (unpaired) electrons. The van der Waals surface area contributed by atoms with Gasteiger partial charge in [-0.15, -0.1) is 0 Å². The summed E-state index contributed by atoms with van der Waals surface area (Å²) >= 11 is 12.3. The number of hydrogen-bond acceptors (Lipinski definition) is 6. The summed E-state index contributed by atoms with van der Waals surface area (Å²) in [5.41, 5.74) is 3.25. The number of aromatic nitrogens is 2. The molecule has 1 atom stereocenters. The van der Waals surface area contributed by atoms with Gasteiger partial charge in [0.05, 0.1) is 34.3 Å². The molecule has 3 aliphatic heterocycles. The highest BCUT2D eigenvalue weighted by molar-refractivity contribution is 6.42. The van der Waals surface area contributed by atoms with Crippen LogP contribution in [0.4, 0.5) is 5.82 Å². The van der Waals surface area contributed by atoms with Gasteiger partial charge in [-0.05, 0) is 42.5 Å². The summed E-state index contributed by atoms with van der Waals surface area (Å²) in [5, 5.41) is 4.79. The lowest BCUT2D eigenvalue weighted by Crippen LogP contribution is -2.48. The second kappa shape index (κ2) is 9.21. The highest BCUT2D eigenvalue weighted by Crippen LogP contribution is 2.44. The van der Waals surface area contributed by atoms with Crippen LogP contribution in [0.15, 0.2) is 42.7 Å². The molecular formula is C26H27Cl2N5O2. The number of anilines is 1. The first kappa shape index (κ1) is 23.0. The maximum Gasteiger partial charge on any atom is 0.241 e. The largest absolute Gasteiger partial charge is 0.365 e. The fraction of sp³-hybridized carbons (Fsp3) is 0.423. The molecule has 1 aromatic heterocycles. The normalized spacial score (nSPS) is 21.5. The van der Waals surface area contributed by atoms with Crippen LogP contribution < -0.4 is 5.32 Å². The SMILES string of the molecule is O=C(CNc1ncnc2cc(Cl)c(Cl)cc12)N1CCC(N2CCC3(CC2)OCc2ccccc23)C1. The number of amides is 1. The third-order valence-corrected chi connectivity index (χ3v) is 8.46. The van der Waals surface area contributed by atoms with Crippen LogP contribution in [0.2, 0.25) is 10.0 Å². The summed E-state index contributed by atoms with van der Waals surface area (Å²) in [6.07, 6.45) is 4.47. The number of ether oxygens (including phenoxy) is 1. The molecule has 35 heavy (non-hydrogen) atoms. The summed E-state index contributed by atoms with van der Waals surface area (Å²) in [6.45, 7) is 4.42. The van der Waals surface area contributed by atoms with E-state index in [1.807, 2.05) is 4.90 Å². The van der Waals surface area contributed by atoms with Crippen molar-refractivity contribution in [2.24, 2.45) is 0 Å². The first-order valence-corrected chi connectivity index (χ1v) is 12.9. The maximum atomic E-state index is 13.0. The molecule has 7 nitrogen and oxygen atoms in total. The van der Waals surface area contributed by atoms with E-state index in [2.05, 4.69) is 44.5 Å². The van der Waals surface area contributed by atoms with Crippen molar-refractivity contribution >= 4 is 45.8 Å². The Balaban J connectivity index is 1.05. The lowest BCUT2D eigenvalue weighted by atomic mass is 9.83. The number of likely N-dealkylation sites (tertiary alicyclic amines) is 2. The molecule has 1 unspecified atom stereocenters. The van der Waals surface area contributed by atoms with Gasteiger partial charge in [-0.25, -0.2) is 9.97 Å². The van der Waals surface area contributed by atoms with Crippen molar-refractivity contribution in [1.29, 1.82) is 0 Å². The van der Waals surface area contributed by atoms with E-state index < -0.39 is 0 Å². The van der Waals surface area contributed by atoms with Crippen molar-refractivity contribution in [1.82, 2.24) is 19.8 Å². The summed E-state index contributed by atoms with van der Waals surface area (Å²) < 4.78 is 6.32. The van der Waals surface area contributed by atoms with Gasteiger partial charge in [-0.3, -0.25) is 9.69 Å². The molecule has 2 fully saturated rings. The summed E-state index contributed by atoms with van der Waals surface area (Å²) in [6, 6.07) is 12.4. The van der Waals surface area contributed by atoms with Crippen molar-refractivity contribution in [3.05, 3.63) is 63.9 Å². The molecular weight excluding hydrogens is 485 g/mol. The molecule has 182 valence electrons. The van der Waals surface area contributed by atoms with Crippen LogP contribution in [0.3, 0.4) is 0 Å². The van der Waals surface area contributed by atoms with E-state index in [1.165, 1.54) is 17.5 Å². The summed E-state index contributed by atoms with van der Waals surface area (Å²) in [5.74, 6) is 0.650. The molecule has 3 aliphatic rings. The Hall–Kier alpha value is -2.45. The topological polar surface area (TPSA) is 70.6 Å². The van der Waals surface area contributed by atoms with E-state index in [4.69, 9.17) is 27.9 Å². The smallest absolute Gasteiger partial charge is 0.241 e. The number of halogens is 2. The van der Waals surface area contributed by atoms with E-state index in [-0.39, 0.29) is 18.1 Å². The molecule has 1 N–H and O–H groups in total. The standard InChI is InChI=1S/C26H27Cl2N5O2/c27-21-11-19-23(12-22(21)28)30-16-31-25(19)29-13-24(34)33-8-5-18(14-33)32-9-6-26(7-10-32)20-4-2-1-3-17(20)15-35-26/h1-4,11-12,16,18H,5-10,13-15H2,(H,29,30,31). The lowest BCUT2D eigenvalue weighted by molar-refractivity contribution is -0.128. The maximum absolute atomic E-state index is 13.0. The van der Waals surface area contributed by atoms with E-state index in [0.717, 1.165) is 57.4 Å². The Morgan fingerprint density at radius 1 is 1.11 bits per heavy atom. The third kappa shape index (κ3) is 4.25. The molecule has 0 aliphatic carbocycles. The van der Waals surface area contributed by atoms with Crippen LogP contribution in [0.25, 0.3) is 10.9 Å². The quantitative estimate of drug-likeness (QED) is 0.557. The molecule has 2 aromatic carbocycles. The molecule has 9 heteroatoms. The minimum Gasteiger partial charge on any atom is -0.365 e. The van der Waals surface area contributed by atoms with E-state index in [9.17, 15) is 4.79 Å². The fourth-order valence-electron chi connectivity index (χ4n) is 5.78. The zero-order valence-corrected chi connectivity index (χ0v) is 20.9. The van der Waals surface area contributed by atoms with Gasteiger partial charge in [0, 0.05) is 37.6 Å². The number of benzene rings is 2. The van der Waals surface area contributed by atoms with Crippen molar-refractivity contribution in [2.75, 3.05) is 38.0 Å². The second-order valence-corrected chi connectivity index (χ2v) is 10.4. The minimum atomic E-state index is -0.126. The third-order valence-electron chi connectivity index (χ3n) is 7.73. The number of nitrogens with one attached hydrogen (secondary N) is 1. The van der Waals surface area contributed by atoms with Gasteiger partial charge in [0.15, 0.2) is 0 Å². The van der Waals surface area contributed by atoms with Crippen molar-refractivity contribution in [3.63, 3.8) is 0 Å². The Morgan fingerprint density at radius 2 is 1.91 bits per heavy atom. The van der Waals surface area contributed by atoms with Crippen molar-refractivity contribution in [3.8, 4) is 0 Å². The lowest BCUT2D eigenvalue weighted by Gasteiger charge is -2.41. The molecule has 1 amide bonds. The summed E-state index contributed by atoms with van der Waals surface area (Å²) in [4.78, 5) is 26.0. The van der Waals surface area contributed by atoms with Crippen LogP contribution in [0.5, 0.6) is 0 Å². The van der Waals surface area contributed by atoms with Crippen LogP contribution in [0.1, 0.15) is 30.4 Å². The predicted octanol–water partition coefficient (Wildman–Crippen LogP) is 4.47. The van der Waals surface area contributed by atoms with Gasteiger partial charge in [0.25, 0.3) is 0 Å². The Labute approximate surface area is 214 Å². The summed E-state index contributed by atoms with van der Waals surface area (Å²) in [7, 11) is 0. The van der Waals surface area contributed by atoms with Gasteiger partial charge in [0.1, 0.15) is 12.1 Å². The Morgan fingerprint density at radius 3 is 2.77 bits per heavy atom. The van der Waals surface area contributed by atoms with E-state index in [0.29, 0.717) is 27.4 Å². The monoisotopic (exact) mass is 511 g/mol. The second-order valence-electron chi connectivity index (χ2n) is 9.62. The molecule has 0 saturated carbocycles. The van der Waals surface area contributed by atoms with Crippen molar-refractivity contribution < 1.29 is 9.53 Å². The molecule has 2 saturated heterocycles. The van der Waals surface area contributed by atoms with Gasteiger partial charge in [-0.1, -0.05) is 47.5 Å². The molecule has 1 spiro atoms. The zero-order chi connectivity index (χ0) is 24.0. The number of nitrogens with zero attached hydrogens (tertiary/aromatic N) is 4. The van der Waals surface area contributed by atoms with Gasteiger partial charge >= 0.3 is 0 Å². The Kier molecular flexibility index (Phi) is 6.05. The molecule has 0 bridgehead atoms. The molecule has 6 rings (SSSR count). The van der Waals surface area contributed by atoms with Crippen LogP contribution >= 0.6 is 23.2 Å². The van der Waals surface area contributed by atoms with Gasteiger partial charge in [-0.2, -0.15) is 0 Å². The number of piperidine rings is 1. The first-order valence-electron chi connectivity index (χ1n) is 12.1. The number of carbonyl (C=O) groups is 1. The number of carbonyl (C=O) groups excluding carboxylic acids is 1. The van der Waals surface area contributed by atoms with Gasteiger partial charge < -0.3 is 15.0 Å². The average Bonchev–Trinajstić information content (AvgIpc) is 3.50. The van der Waals surface area contributed by atoms with Gasteiger partial charge in [0.2, 0.25) is 5.91 Å². The number of fused-ring (bicyclic) bond motifs is 3. The van der Waals surface area contributed by atoms with Crippen LogP contribution in [-0.4, -0.2) is 64.4 Å². The average molecular weight is 512 g/mol. The molecule has 3 aromatic rings. The zero-order valence-electron chi connectivity index (χ0n) is 19.3. The van der Waals surface area contributed by atoms with Crippen LogP contribution in [0, 0.1) is 0 Å². The fourth-order valence-corrected chi connectivity index (χ4v) is 6.10. The highest BCUT2D eigenvalue weighted by Gasteiger charge is 2.44. The van der Waals surface area contributed by atoms with E-state index >= 15 is 0 Å². The number of hydrogen-bond donors (Lipinski definition) is 1. The minimum absolute atomic E-state index is 0.0702. The number of rotatable bonds is 4. The van der Waals surface area contributed by atoms with Crippen molar-refractivity contribution in [2.45, 2.75) is 37.5 Å². The Bertz CT molecular complexity index is 1280. The highest BCUT2D eigenvalue weighted by atomic mass is 35.5. The van der Waals surface area contributed by atoms with Crippen LogP contribution in [-0.2, 0) is 21.7 Å². The van der Waals surface area contributed by atoms with E-state index in [1.54, 1.807) is 12.1 Å². The predicted molar refractivity (Wildman–Crippen MR) is 137 cm³/mol.